The molecule has 0 bridgehead atoms. The molecule has 0 amide bonds. The van der Waals surface area contributed by atoms with E-state index < -0.39 is 6.10 Å². The number of methoxy groups -OCH3 is 1. The molecule has 0 aromatic heterocycles. The summed E-state index contributed by atoms with van der Waals surface area (Å²) in [7, 11) is 1.58. The number of aliphatic hydroxyl groups excluding tert-OH is 1. The molecule has 0 heterocycles. The van der Waals surface area contributed by atoms with E-state index in [1.54, 1.807) is 18.9 Å². The highest BCUT2D eigenvalue weighted by atomic mass is 79.9. The summed E-state index contributed by atoms with van der Waals surface area (Å²) in [5.41, 5.74) is 6.35. The molecule has 15 heavy (non-hydrogen) atoms. The fourth-order valence-electron chi connectivity index (χ4n) is 1.06. The van der Waals surface area contributed by atoms with Crippen LogP contribution in [-0.2, 0) is 4.74 Å². The molecule has 1 atom stereocenters. The maximum Gasteiger partial charge on any atom is 0.0867 e. The summed E-state index contributed by atoms with van der Waals surface area (Å²) < 4.78 is 5.80. The van der Waals surface area contributed by atoms with Crippen LogP contribution in [0.3, 0.4) is 0 Å². The van der Waals surface area contributed by atoms with Crippen LogP contribution in [0.15, 0.2) is 27.6 Å². The molecule has 0 saturated heterocycles. The van der Waals surface area contributed by atoms with Crippen molar-refractivity contribution in [2.45, 2.75) is 11.0 Å². The molecule has 84 valence electrons. The van der Waals surface area contributed by atoms with Crippen molar-refractivity contribution >= 4 is 33.4 Å². The van der Waals surface area contributed by atoms with Crippen LogP contribution in [0, 0.1) is 0 Å². The Morgan fingerprint density at radius 2 is 2.33 bits per heavy atom. The molecule has 1 aromatic carbocycles. The molecule has 1 aromatic rings. The van der Waals surface area contributed by atoms with Gasteiger partial charge in [0, 0.05) is 27.9 Å². The summed E-state index contributed by atoms with van der Waals surface area (Å²) in [6.45, 7) is 0.361. The molecule has 0 saturated carbocycles. The van der Waals surface area contributed by atoms with Crippen LogP contribution in [0.2, 0.25) is 0 Å². The van der Waals surface area contributed by atoms with Crippen molar-refractivity contribution in [3.8, 4) is 0 Å². The number of hydrogen-bond acceptors (Lipinski definition) is 4. The molecule has 0 aliphatic rings. The Bertz CT molecular complexity index is 322. The van der Waals surface area contributed by atoms with Gasteiger partial charge in [0.1, 0.15) is 0 Å². The first-order valence-corrected chi connectivity index (χ1v) is 6.26. The maximum absolute atomic E-state index is 9.47. The Morgan fingerprint density at radius 1 is 1.60 bits per heavy atom. The number of nitrogens with two attached hydrogens (primary N) is 1. The van der Waals surface area contributed by atoms with E-state index in [9.17, 15) is 5.11 Å². The van der Waals surface area contributed by atoms with Crippen LogP contribution in [0.4, 0.5) is 5.69 Å². The number of benzene rings is 1. The van der Waals surface area contributed by atoms with Crippen LogP contribution in [-0.4, -0.2) is 30.7 Å². The zero-order chi connectivity index (χ0) is 11.3. The third kappa shape index (κ3) is 4.42. The molecular weight excluding hydrogens is 278 g/mol. The van der Waals surface area contributed by atoms with E-state index in [1.165, 1.54) is 0 Å². The van der Waals surface area contributed by atoms with E-state index in [1.807, 2.05) is 18.2 Å². The third-order valence-corrected chi connectivity index (χ3v) is 3.88. The summed E-state index contributed by atoms with van der Waals surface area (Å²) in [4.78, 5) is 1.07. The van der Waals surface area contributed by atoms with Gasteiger partial charge >= 0.3 is 0 Å². The highest BCUT2D eigenvalue weighted by Crippen LogP contribution is 2.29. The Balaban J connectivity index is 2.50. The number of anilines is 1. The molecule has 0 spiro atoms. The fraction of sp³-hybridized carbons (Fsp3) is 0.400. The van der Waals surface area contributed by atoms with E-state index in [-0.39, 0.29) is 0 Å². The molecular formula is C10H14BrNO2S. The van der Waals surface area contributed by atoms with Gasteiger partial charge in [-0.15, -0.1) is 11.8 Å². The Morgan fingerprint density at radius 3 is 2.93 bits per heavy atom. The second-order valence-electron chi connectivity index (χ2n) is 3.11. The van der Waals surface area contributed by atoms with E-state index in [2.05, 4.69) is 15.9 Å². The second kappa shape index (κ2) is 6.37. The van der Waals surface area contributed by atoms with Crippen LogP contribution in [0.5, 0.6) is 0 Å². The standard InChI is InChI=1S/C10H14BrNO2S/c1-14-5-8(13)6-15-10-3-2-7(12)4-9(10)11/h2-4,8,13H,5-6,12H2,1H3. The first-order valence-electron chi connectivity index (χ1n) is 4.48. The lowest BCUT2D eigenvalue weighted by Gasteiger charge is -2.10. The monoisotopic (exact) mass is 291 g/mol. The minimum atomic E-state index is -0.440. The minimum absolute atomic E-state index is 0.361. The second-order valence-corrected chi connectivity index (χ2v) is 5.03. The van der Waals surface area contributed by atoms with Gasteiger partial charge in [-0.2, -0.15) is 0 Å². The molecule has 3 nitrogen and oxygen atoms in total. The lowest BCUT2D eigenvalue weighted by molar-refractivity contribution is 0.0794. The normalized spacial score (nSPS) is 12.7. The highest BCUT2D eigenvalue weighted by Gasteiger charge is 2.06. The topological polar surface area (TPSA) is 55.5 Å². The first kappa shape index (κ1) is 12.8. The molecule has 3 N–H and O–H groups in total. The molecule has 0 radical (unpaired) electrons. The number of thioether (sulfide) groups is 1. The van der Waals surface area contributed by atoms with Gasteiger partial charge in [-0.05, 0) is 34.1 Å². The van der Waals surface area contributed by atoms with Crippen molar-refractivity contribution in [2.24, 2.45) is 0 Å². The summed E-state index contributed by atoms with van der Waals surface area (Å²) in [5.74, 6) is 0.607. The van der Waals surface area contributed by atoms with E-state index in [4.69, 9.17) is 10.5 Å². The van der Waals surface area contributed by atoms with Crippen LogP contribution < -0.4 is 5.73 Å². The van der Waals surface area contributed by atoms with Crippen molar-refractivity contribution in [3.05, 3.63) is 22.7 Å². The smallest absolute Gasteiger partial charge is 0.0867 e. The van der Waals surface area contributed by atoms with Gasteiger partial charge in [-0.25, -0.2) is 0 Å². The first-order chi connectivity index (χ1) is 7.13. The van der Waals surface area contributed by atoms with E-state index in [0.717, 1.165) is 15.1 Å². The number of hydrogen-bond donors (Lipinski definition) is 2. The van der Waals surface area contributed by atoms with Crippen molar-refractivity contribution < 1.29 is 9.84 Å². The fourth-order valence-corrected chi connectivity index (χ4v) is 2.63. The van der Waals surface area contributed by atoms with Gasteiger partial charge < -0.3 is 15.6 Å². The minimum Gasteiger partial charge on any atom is -0.399 e. The van der Waals surface area contributed by atoms with Gasteiger partial charge in [-0.1, -0.05) is 0 Å². The van der Waals surface area contributed by atoms with Crippen molar-refractivity contribution in [2.75, 3.05) is 25.2 Å². The van der Waals surface area contributed by atoms with E-state index >= 15 is 0 Å². The molecule has 1 unspecified atom stereocenters. The lowest BCUT2D eigenvalue weighted by Crippen LogP contribution is -2.16. The maximum atomic E-state index is 9.47. The van der Waals surface area contributed by atoms with Gasteiger partial charge in [-0.3, -0.25) is 0 Å². The predicted octanol–water partition coefficient (Wildman–Crippen LogP) is 2.13. The van der Waals surface area contributed by atoms with Gasteiger partial charge in [0.05, 0.1) is 12.7 Å². The zero-order valence-corrected chi connectivity index (χ0v) is 10.8. The highest BCUT2D eigenvalue weighted by molar-refractivity contribution is 9.10. The van der Waals surface area contributed by atoms with Crippen molar-refractivity contribution in [1.82, 2.24) is 0 Å². The van der Waals surface area contributed by atoms with Crippen molar-refractivity contribution in [1.29, 1.82) is 0 Å². The third-order valence-electron chi connectivity index (χ3n) is 1.75. The summed E-state index contributed by atoms with van der Waals surface area (Å²) >= 11 is 4.99. The van der Waals surface area contributed by atoms with Crippen LogP contribution in [0.25, 0.3) is 0 Å². The Labute approximate surface area is 102 Å². The van der Waals surface area contributed by atoms with Gasteiger partial charge in [0.15, 0.2) is 0 Å². The number of halogens is 1. The van der Waals surface area contributed by atoms with E-state index in [0.29, 0.717) is 12.4 Å². The SMILES string of the molecule is COCC(O)CSc1ccc(N)cc1Br. The summed E-state index contributed by atoms with van der Waals surface area (Å²) in [5, 5.41) is 9.47. The summed E-state index contributed by atoms with van der Waals surface area (Å²) in [6.07, 6.45) is -0.440. The van der Waals surface area contributed by atoms with Gasteiger partial charge in [0.2, 0.25) is 0 Å². The van der Waals surface area contributed by atoms with Gasteiger partial charge in [0.25, 0.3) is 0 Å². The predicted molar refractivity (Wildman–Crippen MR) is 67.2 cm³/mol. The van der Waals surface area contributed by atoms with Crippen LogP contribution in [0.1, 0.15) is 0 Å². The number of aliphatic hydroxyl groups is 1. The quantitative estimate of drug-likeness (QED) is 0.645. The number of nitrogen functional groups attached to an aromatic ring is 1. The Hall–Kier alpha value is -0.230. The van der Waals surface area contributed by atoms with Crippen molar-refractivity contribution in [3.63, 3.8) is 0 Å². The average Bonchev–Trinajstić information content (AvgIpc) is 2.17. The molecule has 0 fully saturated rings. The molecule has 0 aliphatic carbocycles. The molecule has 5 heteroatoms. The molecule has 1 rings (SSSR count). The average molecular weight is 292 g/mol. The lowest BCUT2D eigenvalue weighted by atomic mass is 10.3. The number of rotatable bonds is 5. The summed E-state index contributed by atoms with van der Waals surface area (Å²) in [6, 6.07) is 5.63. The molecule has 0 aliphatic heterocycles. The largest absolute Gasteiger partial charge is 0.399 e. The number of ether oxygens (including phenoxy) is 1. The van der Waals surface area contributed by atoms with Crippen LogP contribution >= 0.6 is 27.7 Å². The Kier molecular flexibility index (Phi) is 5.45. The zero-order valence-electron chi connectivity index (χ0n) is 8.44.